The van der Waals surface area contributed by atoms with Crippen LogP contribution in [0.5, 0.6) is 17.2 Å². The van der Waals surface area contributed by atoms with E-state index < -0.39 is 0 Å². The van der Waals surface area contributed by atoms with Gasteiger partial charge in [0.2, 0.25) is 0 Å². The molecule has 0 aliphatic carbocycles. The van der Waals surface area contributed by atoms with Crippen LogP contribution in [0.3, 0.4) is 0 Å². The molecule has 0 spiro atoms. The third-order valence-corrected chi connectivity index (χ3v) is 6.58. The molecule has 194 valence electrons. The second-order valence-electron chi connectivity index (χ2n) is 9.73. The molecule has 0 saturated carbocycles. The van der Waals surface area contributed by atoms with Crippen molar-refractivity contribution in [1.82, 2.24) is 0 Å². The van der Waals surface area contributed by atoms with Gasteiger partial charge in [0.25, 0.3) is 0 Å². The molecule has 3 aromatic rings. The minimum atomic E-state index is -0.374. The van der Waals surface area contributed by atoms with Crippen LogP contribution in [0.25, 0.3) is 10.8 Å². The molecule has 4 nitrogen and oxygen atoms in total. The first-order valence-corrected chi connectivity index (χ1v) is 13.7. The quantitative estimate of drug-likeness (QED) is 0.114. The smallest absolute Gasteiger partial charge is 0.343 e. The largest absolute Gasteiger partial charge is 0.494 e. The number of hydrogen-bond donors (Lipinski definition) is 0. The first-order valence-electron chi connectivity index (χ1n) is 13.7. The molecular weight excluding hydrogens is 448 g/mol. The Morgan fingerprint density at radius 2 is 1.31 bits per heavy atom. The van der Waals surface area contributed by atoms with E-state index in [0.717, 1.165) is 41.7 Å². The normalized spacial score (nSPS) is 11.9. The number of unbranched alkanes of at least 4 members (excludes halogenated alkanes) is 7. The predicted octanol–water partition coefficient (Wildman–Crippen LogP) is 9.00. The Balaban J connectivity index is 1.43. The van der Waals surface area contributed by atoms with Gasteiger partial charge in [-0.3, -0.25) is 0 Å². The van der Waals surface area contributed by atoms with Gasteiger partial charge in [-0.15, -0.1) is 0 Å². The van der Waals surface area contributed by atoms with Gasteiger partial charge in [-0.25, -0.2) is 4.79 Å². The predicted molar refractivity (Wildman–Crippen MR) is 148 cm³/mol. The zero-order chi connectivity index (χ0) is 25.6. The molecule has 0 aromatic heterocycles. The molecule has 0 radical (unpaired) electrons. The molecular formula is C32H42O4. The zero-order valence-corrected chi connectivity index (χ0v) is 22.3. The van der Waals surface area contributed by atoms with E-state index in [1.54, 1.807) is 18.2 Å². The molecule has 0 bridgehead atoms. The first-order chi connectivity index (χ1) is 17.6. The summed E-state index contributed by atoms with van der Waals surface area (Å²) in [6.07, 6.45) is 11.3. The van der Waals surface area contributed by atoms with E-state index in [4.69, 9.17) is 14.2 Å². The summed E-state index contributed by atoms with van der Waals surface area (Å²) in [6.45, 7) is 8.01. The molecule has 0 N–H and O–H groups in total. The molecule has 1 unspecified atom stereocenters. The Morgan fingerprint density at radius 3 is 2.03 bits per heavy atom. The van der Waals surface area contributed by atoms with Crippen molar-refractivity contribution in [1.29, 1.82) is 0 Å². The van der Waals surface area contributed by atoms with Crippen LogP contribution in [-0.4, -0.2) is 19.2 Å². The Labute approximate surface area is 217 Å². The minimum Gasteiger partial charge on any atom is -0.494 e. The van der Waals surface area contributed by atoms with E-state index in [-0.39, 0.29) is 5.97 Å². The van der Waals surface area contributed by atoms with Gasteiger partial charge in [-0.05, 0) is 71.6 Å². The maximum Gasteiger partial charge on any atom is 0.343 e. The minimum absolute atomic E-state index is 0.374. The number of hydrogen-bond acceptors (Lipinski definition) is 4. The summed E-state index contributed by atoms with van der Waals surface area (Å²) >= 11 is 0. The summed E-state index contributed by atoms with van der Waals surface area (Å²) in [7, 11) is 0. The van der Waals surface area contributed by atoms with E-state index in [0.29, 0.717) is 23.8 Å². The van der Waals surface area contributed by atoms with Crippen LogP contribution in [0.2, 0.25) is 0 Å². The Kier molecular flexibility index (Phi) is 11.6. The topological polar surface area (TPSA) is 44.8 Å². The molecule has 3 aromatic carbocycles. The van der Waals surface area contributed by atoms with Crippen molar-refractivity contribution < 1.29 is 19.0 Å². The molecule has 4 heteroatoms. The second-order valence-corrected chi connectivity index (χ2v) is 9.73. The summed E-state index contributed by atoms with van der Waals surface area (Å²) < 4.78 is 17.3. The molecule has 0 fully saturated rings. The molecule has 0 aliphatic rings. The Bertz CT molecular complexity index is 1060. The second kappa shape index (κ2) is 15.2. The van der Waals surface area contributed by atoms with Gasteiger partial charge in [-0.2, -0.15) is 0 Å². The number of carbonyl (C=O) groups is 1. The molecule has 3 rings (SSSR count). The number of fused-ring (bicyclic) bond motifs is 1. The molecule has 0 saturated heterocycles. The van der Waals surface area contributed by atoms with Crippen molar-refractivity contribution in [3.63, 3.8) is 0 Å². The lowest BCUT2D eigenvalue weighted by atomic mass is 10.1. The summed E-state index contributed by atoms with van der Waals surface area (Å²) in [5, 5.41) is 2.01. The fraction of sp³-hybridized carbons (Fsp3) is 0.469. The van der Waals surface area contributed by atoms with Gasteiger partial charge in [0.15, 0.2) is 0 Å². The maximum absolute atomic E-state index is 12.7. The molecule has 36 heavy (non-hydrogen) atoms. The van der Waals surface area contributed by atoms with Crippen LogP contribution in [-0.2, 0) is 0 Å². The number of esters is 1. The lowest BCUT2D eigenvalue weighted by Gasteiger charge is -2.12. The maximum atomic E-state index is 12.7. The summed E-state index contributed by atoms with van der Waals surface area (Å²) in [6, 6.07) is 18.8. The Hall–Kier alpha value is -3.01. The van der Waals surface area contributed by atoms with Gasteiger partial charge < -0.3 is 14.2 Å². The van der Waals surface area contributed by atoms with Crippen LogP contribution in [0.4, 0.5) is 0 Å². The van der Waals surface area contributed by atoms with Crippen molar-refractivity contribution in [2.24, 2.45) is 5.92 Å². The number of benzene rings is 3. The van der Waals surface area contributed by atoms with Crippen molar-refractivity contribution in [3.8, 4) is 17.2 Å². The van der Waals surface area contributed by atoms with Gasteiger partial charge in [0.1, 0.15) is 17.2 Å². The van der Waals surface area contributed by atoms with Crippen LogP contribution in [0.15, 0.2) is 60.7 Å². The highest BCUT2D eigenvalue weighted by molar-refractivity contribution is 5.96. The number of ether oxygens (including phenoxy) is 3. The van der Waals surface area contributed by atoms with Crippen molar-refractivity contribution in [2.75, 3.05) is 13.2 Å². The highest BCUT2D eigenvalue weighted by Gasteiger charge is 2.10. The van der Waals surface area contributed by atoms with E-state index in [1.165, 1.54) is 44.9 Å². The van der Waals surface area contributed by atoms with Crippen molar-refractivity contribution in [3.05, 3.63) is 66.2 Å². The van der Waals surface area contributed by atoms with Crippen molar-refractivity contribution in [2.45, 2.75) is 78.6 Å². The van der Waals surface area contributed by atoms with E-state index in [1.807, 2.05) is 42.5 Å². The first kappa shape index (κ1) is 27.6. The van der Waals surface area contributed by atoms with Crippen LogP contribution in [0.1, 0.15) is 88.9 Å². The van der Waals surface area contributed by atoms with Gasteiger partial charge in [0.05, 0.1) is 18.8 Å². The van der Waals surface area contributed by atoms with Crippen LogP contribution >= 0.6 is 0 Å². The molecule has 0 heterocycles. The summed E-state index contributed by atoms with van der Waals surface area (Å²) in [4.78, 5) is 12.7. The van der Waals surface area contributed by atoms with Crippen LogP contribution in [0, 0.1) is 5.92 Å². The van der Waals surface area contributed by atoms with Gasteiger partial charge in [-0.1, -0.05) is 84.3 Å². The third kappa shape index (κ3) is 9.22. The van der Waals surface area contributed by atoms with E-state index >= 15 is 0 Å². The highest BCUT2D eigenvalue weighted by atomic mass is 16.5. The van der Waals surface area contributed by atoms with Crippen LogP contribution < -0.4 is 14.2 Å². The van der Waals surface area contributed by atoms with Gasteiger partial charge in [0, 0.05) is 0 Å². The van der Waals surface area contributed by atoms with E-state index in [9.17, 15) is 4.79 Å². The lowest BCUT2D eigenvalue weighted by molar-refractivity contribution is 0.0734. The number of carbonyl (C=O) groups excluding carboxylic acids is 1. The number of rotatable bonds is 16. The lowest BCUT2D eigenvalue weighted by Crippen LogP contribution is -2.08. The third-order valence-electron chi connectivity index (χ3n) is 6.58. The Morgan fingerprint density at radius 1 is 0.694 bits per heavy atom. The summed E-state index contributed by atoms with van der Waals surface area (Å²) in [5.74, 6) is 2.31. The molecule has 0 amide bonds. The fourth-order valence-electron chi connectivity index (χ4n) is 3.99. The fourth-order valence-corrected chi connectivity index (χ4v) is 3.99. The standard InChI is InChI=1S/C32H42O4/c1-4-6-7-8-9-10-11-12-21-34-29-17-19-30(20-18-29)36-32(33)28-14-13-27-23-31(16-15-26(27)22-28)35-24-25(3)5-2/h13-20,22-23,25H,4-12,21,24H2,1-3H3. The zero-order valence-electron chi connectivity index (χ0n) is 22.3. The van der Waals surface area contributed by atoms with Crippen molar-refractivity contribution >= 4 is 16.7 Å². The average molecular weight is 491 g/mol. The van der Waals surface area contributed by atoms with E-state index in [2.05, 4.69) is 20.8 Å². The highest BCUT2D eigenvalue weighted by Crippen LogP contribution is 2.24. The molecule has 0 aliphatic heterocycles. The molecule has 1 atom stereocenters. The van der Waals surface area contributed by atoms with Gasteiger partial charge >= 0.3 is 5.97 Å². The SMILES string of the molecule is CCCCCCCCCCOc1ccc(OC(=O)c2ccc3cc(OCC(C)CC)ccc3c2)cc1. The summed E-state index contributed by atoms with van der Waals surface area (Å²) in [5.41, 5.74) is 0.519. The monoisotopic (exact) mass is 490 g/mol. The average Bonchev–Trinajstić information content (AvgIpc) is 2.91.